The first-order valence-corrected chi connectivity index (χ1v) is 8.14. The minimum atomic E-state index is 0.0339. The molecule has 0 N–H and O–H groups in total. The maximum atomic E-state index is 5.80. The Balaban J connectivity index is 1.52. The van der Waals surface area contributed by atoms with E-state index in [1.165, 1.54) is 12.8 Å². The van der Waals surface area contributed by atoms with Crippen molar-refractivity contribution in [2.75, 3.05) is 0 Å². The van der Waals surface area contributed by atoms with Crippen molar-refractivity contribution >= 4 is 11.8 Å². The molecule has 0 bridgehead atoms. The van der Waals surface area contributed by atoms with E-state index in [1.54, 1.807) is 18.1 Å². The Morgan fingerprint density at radius 2 is 2.00 bits per heavy atom. The van der Waals surface area contributed by atoms with Crippen molar-refractivity contribution in [3.8, 4) is 11.5 Å². The van der Waals surface area contributed by atoms with Gasteiger partial charge in [0.15, 0.2) is 5.16 Å². The van der Waals surface area contributed by atoms with Gasteiger partial charge in [0.2, 0.25) is 11.8 Å². The molecule has 2 heterocycles. The summed E-state index contributed by atoms with van der Waals surface area (Å²) in [6.45, 7) is 2.04. The third-order valence-electron chi connectivity index (χ3n) is 3.57. The van der Waals surface area contributed by atoms with E-state index in [9.17, 15) is 0 Å². The Kier molecular flexibility index (Phi) is 3.42. The fourth-order valence-electron chi connectivity index (χ4n) is 2.22. The number of hydrogen-bond donors (Lipinski definition) is 0. The van der Waals surface area contributed by atoms with Crippen LogP contribution in [0.5, 0.6) is 0 Å². The smallest absolute Gasteiger partial charge is 0.247 e. The van der Waals surface area contributed by atoms with Gasteiger partial charge in [-0.15, -0.1) is 20.4 Å². The van der Waals surface area contributed by atoms with Crippen molar-refractivity contribution in [2.45, 2.75) is 36.2 Å². The summed E-state index contributed by atoms with van der Waals surface area (Å²) in [6, 6.07) is 10.3. The second kappa shape index (κ2) is 5.57. The van der Waals surface area contributed by atoms with Gasteiger partial charge in [-0.05, 0) is 31.9 Å². The highest BCUT2D eigenvalue weighted by molar-refractivity contribution is 7.99. The van der Waals surface area contributed by atoms with E-state index in [4.69, 9.17) is 4.42 Å². The van der Waals surface area contributed by atoms with Gasteiger partial charge >= 0.3 is 0 Å². The van der Waals surface area contributed by atoms with Crippen LogP contribution < -0.4 is 0 Å². The lowest BCUT2D eigenvalue weighted by Crippen LogP contribution is -1.97. The number of hydrogen-bond acceptors (Lipinski definition) is 6. The van der Waals surface area contributed by atoms with Crippen LogP contribution in [-0.4, -0.2) is 25.0 Å². The fourth-order valence-corrected chi connectivity index (χ4v) is 3.15. The Labute approximate surface area is 132 Å². The van der Waals surface area contributed by atoms with Crippen LogP contribution in [0.15, 0.2) is 46.2 Å². The minimum absolute atomic E-state index is 0.0339. The quantitative estimate of drug-likeness (QED) is 0.671. The van der Waals surface area contributed by atoms with Crippen molar-refractivity contribution < 1.29 is 4.42 Å². The molecule has 7 heteroatoms. The number of rotatable bonds is 5. The molecule has 1 aliphatic rings. The molecule has 0 saturated heterocycles. The first-order valence-electron chi connectivity index (χ1n) is 7.26. The van der Waals surface area contributed by atoms with Gasteiger partial charge in [-0.3, -0.25) is 0 Å². The van der Waals surface area contributed by atoms with Crippen molar-refractivity contribution in [3.05, 3.63) is 42.5 Å². The van der Waals surface area contributed by atoms with Crippen LogP contribution in [0, 0.1) is 0 Å². The van der Waals surface area contributed by atoms with Gasteiger partial charge in [-0.25, -0.2) is 0 Å². The molecule has 1 atom stereocenters. The van der Waals surface area contributed by atoms with Crippen molar-refractivity contribution in [3.63, 3.8) is 0 Å². The topological polar surface area (TPSA) is 69.6 Å². The van der Waals surface area contributed by atoms with Gasteiger partial charge in [0.25, 0.3) is 0 Å². The summed E-state index contributed by atoms with van der Waals surface area (Å²) in [5.74, 6) is 1.15. The molecule has 1 fully saturated rings. The second-order valence-electron chi connectivity index (χ2n) is 5.32. The molecule has 0 radical (unpaired) electrons. The normalized spacial score (nSPS) is 15.9. The number of thioether (sulfide) groups is 1. The Bertz CT molecular complexity index is 765. The zero-order valence-electron chi connectivity index (χ0n) is 12.1. The van der Waals surface area contributed by atoms with E-state index >= 15 is 0 Å². The van der Waals surface area contributed by atoms with Crippen LogP contribution in [0.3, 0.4) is 0 Å². The average Bonchev–Trinajstić information content (AvgIpc) is 3.09. The van der Waals surface area contributed by atoms with E-state index in [2.05, 4.69) is 25.0 Å². The summed E-state index contributed by atoms with van der Waals surface area (Å²) < 4.78 is 7.93. The van der Waals surface area contributed by atoms with Crippen LogP contribution in [0.1, 0.15) is 36.9 Å². The first-order chi connectivity index (χ1) is 10.8. The third-order valence-corrected chi connectivity index (χ3v) is 4.63. The van der Waals surface area contributed by atoms with Crippen molar-refractivity contribution in [1.82, 2.24) is 25.0 Å². The molecule has 1 saturated carbocycles. The van der Waals surface area contributed by atoms with Crippen LogP contribution in [0.25, 0.3) is 11.5 Å². The molecule has 0 spiro atoms. The minimum Gasteiger partial charge on any atom is -0.419 e. The predicted molar refractivity (Wildman–Crippen MR) is 82.3 cm³/mol. The molecule has 6 nitrogen and oxygen atoms in total. The van der Waals surface area contributed by atoms with Crippen LogP contribution >= 0.6 is 11.8 Å². The molecule has 1 aromatic carbocycles. The lowest BCUT2D eigenvalue weighted by atomic mass is 10.2. The van der Waals surface area contributed by atoms with Gasteiger partial charge in [-0.1, -0.05) is 30.0 Å². The molecule has 3 aromatic rings. The molecular weight excluding hydrogens is 298 g/mol. The summed E-state index contributed by atoms with van der Waals surface area (Å²) in [4.78, 5) is 0. The Morgan fingerprint density at radius 1 is 1.18 bits per heavy atom. The van der Waals surface area contributed by atoms with Gasteiger partial charge in [0.1, 0.15) is 6.33 Å². The maximum Gasteiger partial charge on any atom is 0.247 e. The second-order valence-corrected chi connectivity index (χ2v) is 6.63. The highest BCUT2D eigenvalue weighted by Gasteiger charge is 2.28. The van der Waals surface area contributed by atoms with E-state index < -0.39 is 0 Å². The molecule has 4 rings (SSSR count). The summed E-state index contributed by atoms with van der Waals surface area (Å²) in [7, 11) is 0. The van der Waals surface area contributed by atoms with Gasteiger partial charge in [-0.2, -0.15) is 0 Å². The van der Waals surface area contributed by atoms with Crippen molar-refractivity contribution in [2.24, 2.45) is 0 Å². The van der Waals surface area contributed by atoms with E-state index in [1.807, 2.05) is 37.3 Å². The SMILES string of the molecule is CC(Sc1nncn1C1CC1)c1nnc(-c2ccccc2)o1. The van der Waals surface area contributed by atoms with Crippen LogP contribution in [0.2, 0.25) is 0 Å². The molecular formula is C15H15N5OS. The first kappa shape index (κ1) is 13.5. The molecule has 1 unspecified atom stereocenters. The number of benzene rings is 1. The van der Waals surface area contributed by atoms with Gasteiger partial charge < -0.3 is 8.98 Å². The van der Waals surface area contributed by atoms with E-state index in [-0.39, 0.29) is 5.25 Å². The third kappa shape index (κ3) is 2.64. The Hall–Kier alpha value is -2.15. The summed E-state index contributed by atoms with van der Waals surface area (Å²) in [6.07, 6.45) is 4.22. The van der Waals surface area contributed by atoms with Gasteiger partial charge in [0, 0.05) is 11.6 Å². The summed E-state index contributed by atoms with van der Waals surface area (Å²) in [5.41, 5.74) is 0.930. The summed E-state index contributed by atoms with van der Waals surface area (Å²) >= 11 is 1.60. The Morgan fingerprint density at radius 3 is 2.77 bits per heavy atom. The maximum absolute atomic E-state index is 5.80. The van der Waals surface area contributed by atoms with E-state index in [0.717, 1.165) is 10.7 Å². The van der Waals surface area contributed by atoms with Crippen molar-refractivity contribution in [1.29, 1.82) is 0 Å². The van der Waals surface area contributed by atoms with Crippen LogP contribution in [-0.2, 0) is 0 Å². The molecule has 1 aliphatic carbocycles. The monoisotopic (exact) mass is 313 g/mol. The van der Waals surface area contributed by atoms with E-state index in [0.29, 0.717) is 17.8 Å². The number of nitrogens with zero attached hydrogens (tertiary/aromatic N) is 5. The molecule has 0 amide bonds. The lowest BCUT2D eigenvalue weighted by molar-refractivity contribution is 0.508. The lowest BCUT2D eigenvalue weighted by Gasteiger charge is -2.07. The van der Waals surface area contributed by atoms with Crippen LogP contribution in [0.4, 0.5) is 0 Å². The molecule has 22 heavy (non-hydrogen) atoms. The van der Waals surface area contributed by atoms with Gasteiger partial charge in [0.05, 0.1) is 5.25 Å². The highest BCUT2D eigenvalue weighted by atomic mass is 32.2. The zero-order valence-corrected chi connectivity index (χ0v) is 12.9. The standard InChI is InChI=1S/C15H15N5OS/c1-10(22-15-19-16-9-20(15)12-7-8-12)13-17-18-14(21-13)11-5-3-2-4-6-11/h2-6,9-10,12H,7-8H2,1H3. The predicted octanol–water partition coefficient (Wildman–Crippen LogP) is 3.52. The zero-order chi connectivity index (χ0) is 14.9. The molecule has 0 aliphatic heterocycles. The summed E-state index contributed by atoms with van der Waals surface area (Å²) in [5, 5.41) is 17.4. The molecule has 112 valence electrons. The molecule has 2 aromatic heterocycles. The largest absolute Gasteiger partial charge is 0.419 e. The highest BCUT2D eigenvalue weighted by Crippen LogP contribution is 2.40. The number of aromatic nitrogens is 5. The fraction of sp³-hybridized carbons (Fsp3) is 0.333. The average molecular weight is 313 g/mol.